The minimum Gasteiger partial charge on any atom is -0.465 e. The molecule has 8 nitrogen and oxygen atoms in total. The summed E-state index contributed by atoms with van der Waals surface area (Å²) < 4.78 is 44.0. The number of nitrogens with zero attached hydrogens (tertiary/aromatic N) is 4. The van der Waals surface area contributed by atoms with E-state index in [1.807, 2.05) is 0 Å². The second-order valence-electron chi connectivity index (χ2n) is 5.67. The van der Waals surface area contributed by atoms with Crippen LogP contribution in [-0.2, 0) is 15.7 Å². The number of esters is 1. The summed E-state index contributed by atoms with van der Waals surface area (Å²) >= 11 is 6.02. The first-order valence-electron chi connectivity index (χ1n) is 7.60. The number of rotatable bonds is 3. The van der Waals surface area contributed by atoms with Gasteiger partial charge >= 0.3 is 18.2 Å². The third-order valence-corrected chi connectivity index (χ3v) is 4.28. The van der Waals surface area contributed by atoms with E-state index in [-0.39, 0.29) is 32.1 Å². The number of alkyl halides is 3. The van der Waals surface area contributed by atoms with Crippen LogP contribution in [0.15, 0.2) is 6.20 Å². The van der Waals surface area contributed by atoms with Crippen LogP contribution in [0.5, 0.6) is 0 Å². The zero-order valence-corrected chi connectivity index (χ0v) is 14.7. The first-order chi connectivity index (χ1) is 12.6. The Morgan fingerprint density at radius 1 is 1.48 bits per heavy atom. The second kappa shape index (κ2) is 7.87. The number of carbonyl (C=O) groups is 2. The highest BCUT2D eigenvalue weighted by molar-refractivity contribution is 6.34. The van der Waals surface area contributed by atoms with Crippen LogP contribution in [0.25, 0.3) is 0 Å². The molecule has 2 heterocycles. The normalized spacial score (nSPS) is 17.4. The fourth-order valence-corrected chi connectivity index (χ4v) is 2.97. The lowest BCUT2D eigenvalue weighted by molar-refractivity contribution is -0.141. The van der Waals surface area contributed by atoms with Crippen molar-refractivity contribution in [2.24, 2.45) is 0 Å². The van der Waals surface area contributed by atoms with Gasteiger partial charge in [0.2, 0.25) is 0 Å². The number of piperazine rings is 1. The predicted octanol–water partition coefficient (Wildman–Crippen LogP) is 2.36. The maximum atomic E-state index is 13.0. The van der Waals surface area contributed by atoms with Crippen molar-refractivity contribution in [3.63, 3.8) is 0 Å². The lowest BCUT2D eigenvalue weighted by Crippen LogP contribution is -2.56. The smallest absolute Gasteiger partial charge is 0.419 e. The number of anilines is 1. The van der Waals surface area contributed by atoms with Gasteiger partial charge in [-0.15, -0.1) is 0 Å². The number of nitriles is 1. The van der Waals surface area contributed by atoms with Crippen LogP contribution in [0.3, 0.4) is 0 Å². The SMILES string of the molecule is CC(=O)OCC1CN(C(=O)O)CCN1c1ncc(C(F)(F)F)c(C#N)c1Cl. The molecule has 0 aromatic carbocycles. The van der Waals surface area contributed by atoms with Crippen molar-refractivity contribution in [3.8, 4) is 6.07 Å². The molecule has 0 spiro atoms. The monoisotopic (exact) mass is 406 g/mol. The van der Waals surface area contributed by atoms with Gasteiger partial charge in [0.1, 0.15) is 23.5 Å². The van der Waals surface area contributed by atoms with E-state index in [9.17, 15) is 22.8 Å². The van der Waals surface area contributed by atoms with Crippen molar-refractivity contribution in [1.82, 2.24) is 9.88 Å². The Kier molecular flexibility index (Phi) is 6.00. The van der Waals surface area contributed by atoms with E-state index in [4.69, 9.17) is 26.7 Å². The molecule has 1 aromatic heterocycles. The van der Waals surface area contributed by atoms with Gasteiger partial charge in [0.25, 0.3) is 0 Å². The van der Waals surface area contributed by atoms with E-state index in [1.54, 1.807) is 0 Å². The van der Waals surface area contributed by atoms with Crippen molar-refractivity contribution in [3.05, 3.63) is 22.3 Å². The van der Waals surface area contributed by atoms with Crippen LogP contribution >= 0.6 is 11.6 Å². The van der Waals surface area contributed by atoms with E-state index in [2.05, 4.69) is 4.98 Å². The Balaban J connectivity index is 2.43. The molecule has 0 radical (unpaired) electrons. The van der Waals surface area contributed by atoms with Crippen LogP contribution in [0.1, 0.15) is 18.1 Å². The zero-order chi connectivity index (χ0) is 20.4. The largest absolute Gasteiger partial charge is 0.465 e. The maximum Gasteiger partial charge on any atom is 0.419 e. The molecule has 0 bridgehead atoms. The van der Waals surface area contributed by atoms with Crippen LogP contribution < -0.4 is 4.90 Å². The molecule has 1 aromatic rings. The van der Waals surface area contributed by atoms with Crippen molar-refractivity contribution >= 4 is 29.5 Å². The molecule has 0 saturated carbocycles. The molecule has 2 rings (SSSR count). The summed E-state index contributed by atoms with van der Waals surface area (Å²) in [4.78, 5) is 28.5. The Morgan fingerprint density at radius 2 is 2.15 bits per heavy atom. The molecule has 1 unspecified atom stereocenters. The number of ether oxygens (including phenoxy) is 1. The second-order valence-corrected chi connectivity index (χ2v) is 6.05. The van der Waals surface area contributed by atoms with Crippen LogP contribution in [0, 0.1) is 11.3 Å². The molecule has 1 amide bonds. The Hall–Kier alpha value is -2.74. The topological polar surface area (TPSA) is 107 Å². The minimum absolute atomic E-state index is 0.0345. The molecule has 0 aliphatic carbocycles. The van der Waals surface area contributed by atoms with E-state index >= 15 is 0 Å². The number of halogens is 4. The number of pyridine rings is 1. The summed E-state index contributed by atoms with van der Waals surface area (Å²) in [6.07, 6.45) is -5.49. The number of hydrogen-bond donors (Lipinski definition) is 1. The summed E-state index contributed by atoms with van der Waals surface area (Å²) in [5.74, 6) is -0.713. The third-order valence-electron chi connectivity index (χ3n) is 3.92. The lowest BCUT2D eigenvalue weighted by atomic mass is 10.1. The van der Waals surface area contributed by atoms with Gasteiger partial charge in [-0.25, -0.2) is 9.78 Å². The van der Waals surface area contributed by atoms with Crippen molar-refractivity contribution in [2.45, 2.75) is 19.1 Å². The van der Waals surface area contributed by atoms with Gasteiger partial charge < -0.3 is 19.6 Å². The third kappa shape index (κ3) is 4.51. The molecule has 12 heteroatoms. The Bertz CT molecular complexity index is 796. The van der Waals surface area contributed by atoms with Gasteiger partial charge in [-0.2, -0.15) is 18.4 Å². The quantitative estimate of drug-likeness (QED) is 0.768. The fraction of sp³-hybridized carbons (Fsp3) is 0.467. The van der Waals surface area contributed by atoms with Gasteiger partial charge in [-0.3, -0.25) is 4.79 Å². The highest BCUT2D eigenvalue weighted by Gasteiger charge is 2.38. The van der Waals surface area contributed by atoms with E-state index in [0.717, 1.165) is 4.90 Å². The number of carbonyl (C=O) groups excluding carboxylic acids is 1. The summed E-state index contributed by atoms with van der Waals surface area (Å²) in [5, 5.41) is 17.8. The zero-order valence-electron chi connectivity index (χ0n) is 14.0. The summed E-state index contributed by atoms with van der Waals surface area (Å²) in [6, 6.07) is 0.704. The summed E-state index contributed by atoms with van der Waals surface area (Å²) in [7, 11) is 0. The molecule has 1 fully saturated rings. The van der Waals surface area contributed by atoms with Crippen LogP contribution in [0.4, 0.5) is 23.8 Å². The molecule has 27 heavy (non-hydrogen) atoms. The van der Waals surface area contributed by atoms with Gasteiger partial charge in [0.05, 0.1) is 17.2 Å². The van der Waals surface area contributed by atoms with E-state index < -0.39 is 40.4 Å². The first-order valence-corrected chi connectivity index (χ1v) is 7.97. The summed E-state index contributed by atoms with van der Waals surface area (Å²) in [6.45, 7) is 0.941. The molecular formula is C15H14ClF3N4O4. The number of aromatic nitrogens is 1. The van der Waals surface area contributed by atoms with Crippen LogP contribution in [-0.4, -0.2) is 59.3 Å². The Labute approximate surface area is 156 Å². The summed E-state index contributed by atoms with van der Waals surface area (Å²) in [5.41, 5.74) is -2.04. The minimum atomic E-state index is -4.81. The average molecular weight is 407 g/mol. The number of amides is 1. The Morgan fingerprint density at radius 3 is 2.67 bits per heavy atom. The molecule has 146 valence electrons. The average Bonchev–Trinajstić information content (AvgIpc) is 2.58. The van der Waals surface area contributed by atoms with E-state index in [1.165, 1.54) is 17.9 Å². The maximum absolute atomic E-state index is 13.0. The number of hydrogen-bond acceptors (Lipinski definition) is 6. The first kappa shape index (κ1) is 20.6. The van der Waals surface area contributed by atoms with Crippen molar-refractivity contribution < 1.29 is 32.6 Å². The van der Waals surface area contributed by atoms with Gasteiger partial charge in [0, 0.05) is 32.8 Å². The van der Waals surface area contributed by atoms with Crippen molar-refractivity contribution in [1.29, 1.82) is 5.26 Å². The van der Waals surface area contributed by atoms with E-state index in [0.29, 0.717) is 6.20 Å². The predicted molar refractivity (Wildman–Crippen MR) is 86.3 cm³/mol. The van der Waals surface area contributed by atoms with Gasteiger partial charge in [-0.1, -0.05) is 11.6 Å². The number of carboxylic acid groups (broad SMARTS) is 1. The highest BCUT2D eigenvalue weighted by Crippen LogP contribution is 2.38. The standard InChI is InChI=1S/C15H14ClF3N4O4/c1-8(24)27-7-9-6-22(14(25)26)2-3-23(9)13-12(16)10(4-20)11(5-21-13)15(17,18)19/h5,9H,2-3,6-7H2,1H3,(H,25,26). The van der Waals surface area contributed by atoms with Gasteiger partial charge in [-0.05, 0) is 0 Å². The van der Waals surface area contributed by atoms with Crippen LogP contribution in [0.2, 0.25) is 5.02 Å². The highest BCUT2D eigenvalue weighted by atomic mass is 35.5. The molecular weight excluding hydrogens is 393 g/mol. The van der Waals surface area contributed by atoms with Gasteiger partial charge in [0.15, 0.2) is 0 Å². The molecule has 1 saturated heterocycles. The molecule has 1 aliphatic heterocycles. The molecule has 1 atom stereocenters. The molecule has 1 N–H and O–H groups in total. The molecule has 1 aliphatic rings. The lowest BCUT2D eigenvalue weighted by Gasteiger charge is -2.41. The van der Waals surface area contributed by atoms with Crippen molar-refractivity contribution in [2.75, 3.05) is 31.1 Å². The fourth-order valence-electron chi connectivity index (χ4n) is 2.67.